The van der Waals surface area contributed by atoms with Crippen molar-refractivity contribution in [1.29, 1.82) is 0 Å². The van der Waals surface area contributed by atoms with E-state index in [0.717, 1.165) is 47.3 Å². The van der Waals surface area contributed by atoms with Gasteiger partial charge in [-0.25, -0.2) is 14.1 Å². The zero-order chi connectivity index (χ0) is 29.5. The Morgan fingerprint density at radius 3 is 2.31 bits per heavy atom. The third-order valence-corrected chi connectivity index (χ3v) is 10.5. The first-order valence-corrected chi connectivity index (χ1v) is 15.6. The number of imide groups is 1. The van der Waals surface area contributed by atoms with Gasteiger partial charge in [0, 0.05) is 23.9 Å². The Hall–Kier alpha value is -3.77. The highest BCUT2D eigenvalue weighted by Crippen LogP contribution is 2.53. The molecular formula is C30H28FN3O6S2. The molecule has 3 aromatic rings. The summed E-state index contributed by atoms with van der Waals surface area (Å²) in [6.07, 6.45) is 2.90. The lowest BCUT2D eigenvalue weighted by Crippen LogP contribution is -2.39. The third-order valence-electron chi connectivity index (χ3n) is 7.92. The van der Waals surface area contributed by atoms with Gasteiger partial charge in [-0.05, 0) is 68.1 Å². The summed E-state index contributed by atoms with van der Waals surface area (Å²) in [6, 6.07) is 11.8. The highest BCUT2D eigenvalue weighted by atomic mass is 32.2. The van der Waals surface area contributed by atoms with E-state index in [4.69, 9.17) is 4.74 Å². The lowest BCUT2D eigenvalue weighted by Gasteiger charge is -2.31. The first-order chi connectivity index (χ1) is 20.3. The summed E-state index contributed by atoms with van der Waals surface area (Å²) in [5.41, 5.74) is 1.21. The third kappa shape index (κ3) is 4.96. The van der Waals surface area contributed by atoms with Crippen LogP contribution in [0, 0.1) is 11.7 Å². The molecule has 12 heteroatoms. The highest BCUT2D eigenvalue weighted by molar-refractivity contribution is 8.00. The van der Waals surface area contributed by atoms with E-state index in [0.29, 0.717) is 39.8 Å². The van der Waals surface area contributed by atoms with E-state index in [-0.39, 0.29) is 23.9 Å². The molecule has 4 heterocycles. The number of anilines is 1. The van der Waals surface area contributed by atoms with Crippen LogP contribution in [-0.4, -0.2) is 58.1 Å². The number of hydrogen-bond acceptors (Lipinski definition) is 8. The van der Waals surface area contributed by atoms with E-state index in [1.165, 1.54) is 41.0 Å². The van der Waals surface area contributed by atoms with Crippen LogP contribution >= 0.6 is 23.1 Å². The standard InChI is InChI=1S/C30H28FN3O6S2/c1-2-40-29(38)18-8-12-20(13-9-18)34-26(36)23-22(17-6-10-19(31)11-7-17)25-28(41-24(23)27(34)37)33(30(39)42-25)16-21(35)32-14-4-3-5-15-32/h6-13,22-24H,2-5,14-16H2,1H3/t22-,23?,24?/m1/s1. The number of piperidine rings is 1. The Morgan fingerprint density at radius 1 is 0.952 bits per heavy atom. The normalized spacial score (nSPS) is 21.7. The minimum absolute atomic E-state index is 0.146. The van der Waals surface area contributed by atoms with Gasteiger partial charge in [0.2, 0.25) is 17.7 Å². The molecular weight excluding hydrogens is 581 g/mol. The number of amides is 3. The molecule has 9 nitrogen and oxygen atoms in total. The molecule has 2 saturated heterocycles. The number of thioether (sulfide) groups is 1. The number of carbonyl (C=O) groups excluding carboxylic acids is 4. The average molecular weight is 610 g/mol. The van der Waals surface area contributed by atoms with Gasteiger partial charge in [-0.1, -0.05) is 35.2 Å². The number of ether oxygens (including phenoxy) is 1. The van der Waals surface area contributed by atoms with Gasteiger partial charge in [-0.15, -0.1) is 0 Å². The fourth-order valence-electron chi connectivity index (χ4n) is 5.88. The fourth-order valence-corrected chi connectivity index (χ4v) is 8.65. The van der Waals surface area contributed by atoms with Crippen molar-refractivity contribution in [3.05, 3.63) is 80.0 Å². The minimum Gasteiger partial charge on any atom is -0.462 e. The largest absolute Gasteiger partial charge is 0.462 e. The van der Waals surface area contributed by atoms with Crippen molar-refractivity contribution in [2.24, 2.45) is 5.92 Å². The second kappa shape index (κ2) is 11.5. The van der Waals surface area contributed by atoms with E-state index >= 15 is 0 Å². The van der Waals surface area contributed by atoms with Crippen molar-refractivity contribution in [2.45, 2.75) is 48.9 Å². The summed E-state index contributed by atoms with van der Waals surface area (Å²) in [5, 5.41) is -0.373. The van der Waals surface area contributed by atoms with Crippen LogP contribution in [0.15, 0.2) is 58.4 Å². The maximum atomic E-state index is 14.0. The number of rotatable bonds is 6. The Balaban J connectivity index is 1.38. The summed E-state index contributed by atoms with van der Waals surface area (Å²) in [4.78, 5) is 69.5. The summed E-state index contributed by atoms with van der Waals surface area (Å²) in [6.45, 7) is 3.06. The van der Waals surface area contributed by atoms with Gasteiger partial charge >= 0.3 is 10.8 Å². The lowest BCUT2D eigenvalue weighted by atomic mass is 9.83. The van der Waals surface area contributed by atoms with Gasteiger partial charge in [0.25, 0.3) is 0 Å². The number of nitrogens with zero attached hydrogens (tertiary/aromatic N) is 3. The lowest BCUT2D eigenvalue weighted by molar-refractivity contribution is -0.133. The zero-order valence-corrected chi connectivity index (χ0v) is 24.4. The molecule has 42 heavy (non-hydrogen) atoms. The molecule has 0 aliphatic carbocycles. The smallest absolute Gasteiger partial charge is 0.338 e. The number of halogens is 1. The quantitative estimate of drug-likeness (QED) is 0.307. The zero-order valence-electron chi connectivity index (χ0n) is 22.8. The average Bonchev–Trinajstić information content (AvgIpc) is 3.44. The van der Waals surface area contributed by atoms with E-state index < -0.39 is 40.7 Å². The maximum Gasteiger partial charge on any atom is 0.338 e. The first-order valence-electron chi connectivity index (χ1n) is 13.9. The molecule has 0 N–H and O–H groups in total. The monoisotopic (exact) mass is 609 g/mol. The molecule has 3 aliphatic heterocycles. The predicted molar refractivity (Wildman–Crippen MR) is 155 cm³/mol. The number of hydrogen-bond donors (Lipinski definition) is 0. The molecule has 0 radical (unpaired) electrons. The first kappa shape index (κ1) is 28.4. The van der Waals surface area contributed by atoms with E-state index in [1.807, 2.05) is 0 Å². The van der Waals surface area contributed by atoms with Crippen LogP contribution in [0.25, 0.3) is 0 Å². The van der Waals surface area contributed by atoms with Crippen molar-refractivity contribution in [1.82, 2.24) is 9.47 Å². The van der Waals surface area contributed by atoms with E-state index in [9.17, 15) is 28.4 Å². The Morgan fingerprint density at radius 2 is 1.64 bits per heavy atom. The van der Waals surface area contributed by atoms with E-state index in [2.05, 4.69) is 0 Å². The number of esters is 1. The molecule has 0 saturated carbocycles. The number of benzene rings is 2. The van der Waals surface area contributed by atoms with Crippen molar-refractivity contribution >= 4 is 52.5 Å². The van der Waals surface area contributed by atoms with Gasteiger partial charge in [0.1, 0.15) is 17.6 Å². The number of likely N-dealkylation sites (tertiary alicyclic amines) is 1. The highest BCUT2D eigenvalue weighted by Gasteiger charge is 2.56. The Labute approximate surface area is 249 Å². The second-order valence-electron chi connectivity index (χ2n) is 10.4. The van der Waals surface area contributed by atoms with Gasteiger partial charge in [-0.2, -0.15) is 0 Å². The topological polar surface area (TPSA) is 106 Å². The van der Waals surface area contributed by atoms with Crippen LogP contribution in [0.5, 0.6) is 0 Å². The second-order valence-corrected chi connectivity index (χ2v) is 12.6. The summed E-state index contributed by atoms with van der Waals surface area (Å²) < 4.78 is 20.4. The molecule has 3 amide bonds. The van der Waals surface area contributed by atoms with Crippen LogP contribution in [0.1, 0.15) is 52.9 Å². The molecule has 218 valence electrons. The summed E-state index contributed by atoms with van der Waals surface area (Å²) >= 11 is 2.09. The van der Waals surface area contributed by atoms with Crippen LogP contribution < -0.4 is 9.77 Å². The molecule has 1 aromatic heterocycles. The molecule has 0 bridgehead atoms. The van der Waals surface area contributed by atoms with Gasteiger partial charge in [0.15, 0.2) is 0 Å². The Bertz CT molecular complexity index is 1610. The molecule has 2 aromatic carbocycles. The van der Waals surface area contributed by atoms with Gasteiger partial charge in [-0.3, -0.25) is 23.7 Å². The van der Waals surface area contributed by atoms with Crippen LogP contribution in [-0.2, 0) is 25.7 Å². The van der Waals surface area contributed by atoms with Crippen molar-refractivity contribution < 1.29 is 28.3 Å². The van der Waals surface area contributed by atoms with Crippen LogP contribution in [0.2, 0.25) is 0 Å². The van der Waals surface area contributed by atoms with Gasteiger partial charge in [0.05, 0.1) is 28.8 Å². The van der Waals surface area contributed by atoms with Crippen molar-refractivity contribution in [3.63, 3.8) is 0 Å². The van der Waals surface area contributed by atoms with Crippen molar-refractivity contribution in [3.8, 4) is 0 Å². The van der Waals surface area contributed by atoms with Gasteiger partial charge < -0.3 is 9.64 Å². The number of fused-ring (bicyclic) bond motifs is 2. The van der Waals surface area contributed by atoms with Crippen LogP contribution in [0.4, 0.5) is 10.1 Å². The predicted octanol–water partition coefficient (Wildman–Crippen LogP) is 4.03. The number of thiazole rings is 1. The number of carbonyl (C=O) groups is 4. The molecule has 6 rings (SSSR count). The van der Waals surface area contributed by atoms with Crippen LogP contribution in [0.3, 0.4) is 0 Å². The summed E-state index contributed by atoms with van der Waals surface area (Å²) in [7, 11) is 0. The minimum atomic E-state index is -0.866. The van der Waals surface area contributed by atoms with E-state index in [1.54, 1.807) is 24.0 Å². The summed E-state index contributed by atoms with van der Waals surface area (Å²) in [5.74, 6) is -3.55. The molecule has 3 atom stereocenters. The Kier molecular flexibility index (Phi) is 7.75. The maximum absolute atomic E-state index is 14.0. The number of aromatic nitrogens is 1. The SMILES string of the molecule is CCOC(=O)c1ccc(N2C(=O)C3Sc4c(sc(=O)n4CC(=O)N4CCCCC4)[C@H](c4ccc(F)cc4)C3C2=O)cc1. The van der Waals surface area contributed by atoms with Crippen molar-refractivity contribution in [2.75, 3.05) is 24.6 Å². The molecule has 0 spiro atoms. The fraction of sp³-hybridized carbons (Fsp3) is 0.367. The molecule has 2 fully saturated rings. The molecule has 2 unspecified atom stereocenters. The molecule has 3 aliphatic rings.